The Bertz CT molecular complexity index is 225. The number of piperidine rings is 1. The van der Waals surface area contributed by atoms with E-state index in [1.54, 1.807) is 0 Å². The van der Waals surface area contributed by atoms with Gasteiger partial charge in [-0.3, -0.25) is 0 Å². The maximum absolute atomic E-state index is 5.46. The fraction of sp³-hybridized carbons (Fsp3) is 1.00. The van der Waals surface area contributed by atoms with Gasteiger partial charge < -0.3 is 9.64 Å². The van der Waals surface area contributed by atoms with Crippen LogP contribution >= 0.6 is 0 Å². The van der Waals surface area contributed by atoms with Crippen LogP contribution in [0, 0.1) is 11.3 Å². The van der Waals surface area contributed by atoms with Crippen LogP contribution in [0.25, 0.3) is 0 Å². The van der Waals surface area contributed by atoms with Crippen molar-refractivity contribution in [2.45, 2.75) is 58.9 Å². The molecule has 2 saturated heterocycles. The maximum Gasteiger partial charge on any atom is 0.0480 e. The molecule has 2 heteroatoms. The number of hydrogen-bond acceptors (Lipinski definition) is 2. The first kappa shape index (κ1) is 13.4. The van der Waals surface area contributed by atoms with Crippen LogP contribution in [0.5, 0.6) is 0 Å². The molecular formula is C15H29NO. The van der Waals surface area contributed by atoms with Gasteiger partial charge in [0.2, 0.25) is 0 Å². The van der Waals surface area contributed by atoms with E-state index in [2.05, 4.69) is 25.7 Å². The molecule has 2 heterocycles. The third kappa shape index (κ3) is 3.23. The van der Waals surface area contributed by atoms with Gasteiger partial charge >= 0.3 is 0 Å². The molecule has 0 radical (unpaired) electrons. The van der Waals surface area contributed by atoms with Gasteiger partial charge in [0.1, 0.15) is 0 Å². The molecule has 100 valence electrons. The van der Waals surface area contributed by atoms with Gasteiger partial charge in [0.05, 0.1) is 0 Å². The van der Waals surface area contributed by atoms with E-state index < -0.39 is 0 Å². The summed E-state index contributed by atoms with van der Waals surface area (Å²) in [7, 11) is 0. The van der Waals surface area contributed by atoms with Crippen LogP contribution in [0.3, 0.4) is 0 Å². The van der Waals surface area contributed by atoms with Gasteiger partial charge in [-0.25, -0.2) is 0 Å². The first-order valence-corrected chi connectivity index (χ1v) is 7.45. The van der Waals surface area contributed by atoms with Crippen molar-refractivity contribution in [2.24, 2.45) is 11.3 Å². The van der Waals surface area contributed by atoms with Crippen LogP contribution in [0.2, 0.25) is 0 Å². The van der Waals surface area contributed by atoms with Crippen LogP contribution in [0.1, 0.15) is 52.9 Å². The molecule has 0 spiro atoms. The second-order valence-corrected chi connectivity index (χ2v) is 6.50. The number of nitrogens with zero attached hydrogens (tertiary/aromatic N) is 1. The van der Waals surface area contributed by atoms with Gasteiger partial charge in [0.25, 0.3) is 0 Å². The van der Waals surface area contributed by atoms with E-state index in [9.17, 15) is 0 Å². The lowest BCUT2D eigenvalue weighted by atomic mass is 9.72. The van der Waals surface area contributed by atoms with E-state index in [1.807, 2.05) is 0 Å². The highest BCUT2D eigenvalue weighted by molar-refractivity contribution is 4.85. The highest BCUT2D eigenvalue weighted by Crippen LogP contribution is 2.38. The molecule has 0 aromatic carbocycles. The van der Waals surface area contributed by atoms with E-state index >= 15 is 0 Å². The van der Waals surface area contributed by atoms with Crippen LogP contribution in [0.15, 0.2) is 0 Å². The first-order valence-electron chi connectivity index (χ1n) is 7.45. The minimum Gasteiger partial charge on any atom is -0.381 e. The summed E-state index contributed by atoms with van der Waals surface area (Å²) in [5, 5.41) is 0. The molecule has 0 aromatic rings. The molecule has 2 rings (SSSR count). The zero-order valence-corrected chi connectivity index (χ0v) is 11.9. The lowest BCUT2D eigenvalue weighted by Gasteiger charge is -2.43. The van der Waals surface area contributed by atoms with E-state index in [-0.39, 0.29) is 0 Å². The van der Waals surface area contributed by atoms with Crippen molar-refractivity contribution in [3.63, 3.8) is 0 Å². The summed E-state index contributed by atoms with van der Waals surface area (Å²) in [6.45, 7) is 11.8. The van der Waals surface area contributed by atoms with Crippen molar-refractivity contribution >= 4 is 0 Å². The molecule has 2 aliphatic rings. The fourth-order valence-electron chi connectivity index (χ4n) is 3.39. The topological polar surface area (TPSA) is 12.5 Å². The molecule has 0 aromatic heterocycles. The van der Waals surface area contributed by atoms with Crippen molar-refractivity contribution in [3.8, 4) is 0 Å². The minimum absolute atomic E-state index is 0.543. The summed E-state index contributed by atoms with van der Waals surface area (Å²) in [6, 6.07) is 0.814. The highest BCUT2D eigenvalue weighted by atomic mass is 16.5. The molecule has 2 aliphatic heterocycles. The molecular weight excluding hydrogens is 210 g/mol. The van der Waals surface area contributed by atoms with E-state index in [4.69, 9.17) is 4.74 Å². The van der Waals surface area contributed by atoms with E-state index in [0.29, 0.717) is 5.41 Å². The van der Waals surface area contributed by atoms with Crippen LogP contribution in [-0.2, 0) is 4.74 Å². The van der Waals surface area contributed by atoms with Crippen LogP contribution in [0.4, 0.5) is 0 Å². The summed E-state index contributed by atoms with van der Waals surface area (Å²) in [5.74, 6) is 0.934. The number of rotatable bonds is 3. The molecule has 0 unspecified atom stereocenters. The number of likely N-dealkylation sites (tertiary alicyclic amines) is 1. The van der Waals surface area contributed by atoms with Crippen molar-refractivity contribution in [1.82, 2.24) is 4.90 Å². The van der Waals surface area contributed by atoms with Gasteiger partial charge in [-0.2, -0.15) is 0 Å². The minimum atomic E-state index is 0.543. The smallest absolute Gasteiger partial charge is 0.0480 e. The Balaban J connectivity index is 1.81. The third-order valence-corrected chi connectivity index (χ3v) is 5.25. The molecule has 0 amide bonds. The lowest BCUT2D eigenvalue weighted by molar-refractivity contribution is 0.00833. The Kier molecular flexibility index (Phi) is 4.48. The fourth-order valence-corrected chi connectivity index (χ4v) is 3.39. The summed E-state index contributed by atoms with van der Waals surface area (Å²) in [5.41, 5.74) is 0.543. The molecule has 0 atom stereocenters. The van der Waals surface area contributed by atoms with Crippen molar-refractivity contribution in [3.05, 3.63) is 0 Å². The maximum atomic E-state index is 5.46. The van der Waals surface area contributed by atoms with Crippen molar-refractivity contribution in [2.75, 3.05) is 26.3 Å². The molecule has 0 bridgehead atoms. The number of ether oxygens (including phenoxy) is 1. The summed E-state index contributed by atoms with van der Waals surface area (Å²) in [4.78, 5) is 2.73. The second kappa shape index (κ2) is 5.71. The van der Waals surface area contributed by atoms with E-state index in [0.717, 1.165) is 25.2 Å². The Hall–Kier alpha value is -0.0800. The molecule has 0 aliphatic carbocycles. The molecule has 0 N–H and O–H groups in total. The first-order chi connectivity index (χ1) is 8.13. The largest absolute Gasteiger partial charge is 0.381 e. The average molecular weight is 239 g/mol. The van der Waals surface area contributed by atoms with Gasteiger partial charge in [-0.1, -0.05) is 27.2 Å². The zero-order valence-electron chi connectivity index (χ0n) is 11.9. The summed E-state index contributed by atoms with van der Waals surface area (Å²) < 4.78 is 5.46. The predicted octanol–water partition coefficient (Wildman–Crippen LogP) is 3.31. The van der Waals surface area contributed by atoms with Gasteiger partial charge in [-0.15, -0.1) is 0 Å². The molecule has 0 saturated carbocycles. The monoisotopic (exact) mass is 239 g/mol. The van der Waals surface area contributed by atoms with Gasteiger partial charge in [0, 0.05) is 19.3 Å². The SMILES string of the molecule is CCC(C)(C)C1CCN(C2CCOCC2)CC1. The van der Waals surface area contributed by atoms with Gasteiger partial charge in [0.15, 0.2) is 0 Å². The second-order valence-electron chi connectivity index (χ2n) is 6.50. The van der Waals surface area contributed by atoms with Crippen molar-refractivity contribution in [1.29, 1.82) is 0 Å². The summed E-state index contributed by atoms with van der Waals surface area (Å²) >= 11 is 0. The average Bonchev–Trinajstić information content (AvgIpc) is 2.40. The molecule has 2 nitrogen and oxygen atoms in total. The van der Waals surface area contributed by atoms with Crippen LogP contribution in [-0.4, -0.2) is 37.2 Å². The van der Waals surface area contributed by atoms with E-state index in [1.165, 1.54) is 45.2 Å². The van der Waals surface area contributed by atoms with Crippen LogP contribution < -0.4 is 0 Å². The highest BCUT2D eigenvalue weighted by Gasteiger charge is 2.33. The standard InChI is InChI=1S/C15H29NO/c1-4-15(2,3)13-5-9-16(10-6-13)14-7-11-17-12-8-14/h13-14H,4-12H2,1-3H3. The van der Waals surface area contributed by atoms with Gasteiger partial charge in [-0.05, 0) is 50.1 Å². The predicted molar refractivity (Wildman–Crippen MR) is 72.2 cm³/mol. The molecule has 2 fully saturated rings. The Morgan fingerprint density at radius 2 is 1.65 bits per heavy atom. The Morgan fingerprint density at radius 3 is 2.18 bits per heavy atom. The van der Waals surface area contributed by atoms with Crippen molar-refractivity contribution < 1.29 is 4.74 Å². The quantitative estimate of drug-likeness (QED) is 0.749. The third-order valence-electron chi connectivity index (χ3n) is 5.25. The molecule has 17 heavy (non-hydrogen) atoms. The zero-order chi connectivity index (χ0) is 12.3. The lowest BCUT2D eigenvalue weighted by Crippen LogP contribution is -2.46. The Morgan fingerprint density at radius 1 is 1.06 bits per heavy atom. The number of hydrogen-bond donors (Lipinski definition) is 0. The normalized spacial score (nSPS) is 26.3. The summed E-state index contributed by atoms with van der Waals surface area (Å²) in [6.07, 6.45) is 6.62. The Labute approximate surface area is 107 Å².